The fourth-order valence-electron chi connectivity index (χ4n) is 1.75. The molecule has 1 N–H and O–H groups in total. The number of rotatable bonds is 6. The van der Waals surface area contributed by atoms with Crippen LogP contribution in [0.5, 0.6) is 0 Å². The lowest BCUT2D eigenvalue weighted by atomic mass is 10.00. The van der Waals surface area contributed by atoms with E-state index in [1.54, 1.807) is 12.1 Å². The Bertz CT molecular complexity index is 390. The minimum atomic E-state index is -0.208. The number of nitrogens with one attached hydrogen (secondary N) is 1. The number of hydrogen-bond donors (Lipinski definition) is 1. The van der Waals surface area contributed by atoms with Crippen LogP contribution in [-0.4, -0.2) is 6.54 Å². The van der Waals surface area contributed by atoms with Gasteiger partial charge in [-0.05, 0) is 59.9 Å². The van der Waals surface area contributed by atoms with Crippen molar-refractivity contribution in [3.63, 3.8) is 0 Å². The molecule has 94 valence electrons. The molecule has 1 aromatic carbocycles. The largest absolute Gasteiger partial charge is 0.310 e. The molecule has 0 fully saturated rings. The van der Waals surface area contributed by atoms with Gasteiger partial charge in [-0.1, -0.05) is 18.6 Å². The average Bonchev–Trinajstić information content (AvgIpc) is 2.28. The first kappa shape index (κ1) is 14.4. The fraction of sp³-hybridized carbons (Fsp3) is 0.429. The van der Waals surface area contributed by atoms with Crippen LogP contribution < -0.4 is 5.32 Å². The summed E-state index contributed by atoms with van der Waals surface area (Å²) in [6.45, 7) is 8.85. The van der Waals surface area contributed by atoms with Gasteiger partial charge in [0.05, 0.1) is 4.47 Å². The van der Waals surface area contributed by atoms with Gasteiger partial charge >= 0.3 is 0 Å². The molecular weight excluding hydrogens is 281 g/mol. The van der Waals surface area contributed by atoms with Gasteiger partial charge in [-0.15, -0.1) is 6.58 Å². The Morgan fingerprint density at radius 3 is 2.76 bits per heavy atom. The van der Waals surface area contributed by atoms with Crippen molar-refractivity contribution in [1.82, 2.24) is 5.32 Å². The van der Waals surface area contributed by atoms with Crippen LogP contribution in [0, 0.1) is 5.82 Å². The van der Waals surface area contributed by atoms with Gasteiger partial charge in [0.1, 0.15) is 5.82 Å². The minimum absolute atomic E-state index is 0.194. The third-order valence-electron chi connectivity index (χ3n) is 2.66. The second kappa shape index (κ2) is 6.92. The molecule has 0 aliphatic carbocycles. The Morgan fingerprint density at radius 1 is 1.53 bits per heavy atom. The molecule has 0 spiro atoms. The Hall–Kier alpha value is -0.670. The van der Waals surface area contributed by atoms with Crippen molar-refractivity contribution < 1.29 is 4.39 Å². The second-order valence-electron chi connectivity index (χ2n) is 4.28. The van der Waals surface area contributed by atoms with Crippen LogP contribution in [0.25, 0.3) is 0 Å². The highest BCUT2D eigenvalue weighted by Crippen LogP contribution is 2.24. The molecule has 1 atom stereocenters. The molecule has 0 aromatic heterocycles. The van der Waals surface area contributed by atoms with Crippen molar-refractivity contribution in [3.8, 4) is 0 Å². The highest BCUT2D eigenvalue weighted by Gasteiger charge is 2.11. The van der Waals surface area contributed by atoms with Crippen molar-refractivity contribution in [1.29, 1.82) is 0 Å². The van der Waals surface area contributed by atoms with Gasteiger partial charge in [-0.2, -0.15) is 0 Å². The maximum absolute atomic E-state index is 13.5. The molecule has 0 aliphatic heterocycles. The Balaban J connectivity index is 2.81. The zero-order valence-electron chi connectivity index (χ0n) is 10.4. The normalized spacial score (nSPS) is 12.5. The molecule has 0 saturated carbocycles. The summed E-state index contributed by atoms with van der Waals surface area (Å²) in [7, 11) is 0. The summed E-state index contributed by atoms with van der Waals surface area (Å²) < 4.78 is 14.0. The summed E-state index contributed by atoms with van der Waals surface area (Å²) in [5.74, 6) is -0.208. The maximum Gasteiger partial charge on any atom is 0.137 e. The van der Waals surface area contributed by atoms with E-state index in [0.717, 1.165) is 30.5 Å². The number of benzene rings is 1. The van der Waals surface area contributed by atoms with Gasteiger partial charge in [0.2, 0.25) is 0 Å². The van der Waals surface area contributed by atoms with E-state index in [1.165, 1.54) is 0 Å². The molecule has 17 heavy (non-hydrogen) atoms. The molecule has 0 heterocycles. The molecule has 0 bridgehead atoms. The maximum atomic E-state index is 13.5. The summed E-state index contributed by atoms with van der Waals surface area (Å²) in [6, 6.07) is 5.50. The lowest BCUT2D eigenvalue weighted by molar-refractivity contribution is 0.510. The minimum Gasteiger partial charge on any atom is -0.310 e. The summed E-state index contributed by atoms with van der Waals surface area (Å²) in [5.41, 5.74) is 2.15. The topological polar surface area (TPSA) is 12.0 Å². The van der Waals surface area contributed by atoms with Crippen LogP contribution in [0.15, 0.2) is 34.8 Å². The Labute approximate surface area is 111 Å². The molecular formula is C14H19BrFN. The van der Waals surface area contributed by atoms with E-state index >= 15 is 0 Å². The summed E-state index contributed by atoms with van der Waals surface area (Å²) >= 11 is 3.17. The van der Waals surface area contributed by atoms with Gasteiger partial charge < -0.3 is 5.32 Å². The monoisotopic (exact) mass is 299 g/mol. The summed E-state index contributed by atoms with van der Waals surface area (Å²) in [6.07, 6.45) is 1.90. The molecule has 1 nitrogen and oxygen atoms in total. The number of hydrogen-bond acceptors (Lipinski definition) is 1. The van der Waals surface area contributed by atoms with E-state index in [0.29, 0.717) is 4.47 Å². The first-order valence-corrected chi connectivity index (χ1v) is 6.66. The predicted octanol–water partition coefficient (Wildman–Crippen LogP) is 4.60. The Morgan fingerprint density at radius 2 is 2.24 bits per heavy atom. The summed E-state index contributed by atoms with van der Waals surface area (Å²) in [4.78, 5) is 0. The van der Waals surface area contributed by atoms with Crippen LogP contribution in [0.2, 0.25) is 0 Å². The van der Waals surface area contributed by atoms with E-state index in [9.17, 15) is 4.39 Å². The van der Waals surface area contributed by atoms with Crippen molar-refractivity contribution in [2.75, 3.05) is 6.54 Å². The molecule has 1 unspecified atom stereocenters. The van der Waals surface area contributed by atoms with Crippen molar-refractivity contribution in [2.45, 2.75) is 32.7 Å². The van der Waals surface area contributed by atoms with Crippen molar-refractivity contribution in [3.05, 3.63) is 46.2 Å². The molecule has 0 saturated heterocycles. The quantitative estimate of drug-likeness (QED) is 0.757. The molecule has 0 amide bonds. The van der Waals surface area contributed by atoms with Crippen LogP contribution in [0.1, 0.15) is 38.3 Å². The van der Waals surface area contributed by atoms with E-state index in [2.05, 4.69) is 34.7 Å². The van der Waals surface area contributed by atoms with Gasteiger partial charge in [0.15, 0.2) is 0 Å². The van der Waals surface area contributed by atoms with Gasteiger partial charge in [-0.25, -0.2) is 4.39 Å². The lowest BCUT2D eigenvalue weighted by Crippen LogP contribution is -2.21. The van der Waals surface area contributed by atoms with E-state index in [4.69, 9.17) is 0 Å². The first-order valence-electron chi connectivity index (χ1n) is 5.87. The van der Waals surface area contributed by atoms with Crippen molar-refractivity contribution in [2.24, 2.45) is 0 Å². The standard InChI is InChI=1S/C14H19BrFN/c1-4-17-14(8-5-10(2)3)11-6-7-12(15)13(16)9-11/h6-7,9,14,17H,2,4-5,8H2,1,3H3. The van der Waals surface area contributed by atoms with Gasteiger partial charge in [-0.3, -0.25) is 0 Å². The van der Waals surface area contributed by atoms with E-state index < -0.39 is 0 Å². The third kappa shape index (κ3) is 4.60. The highest BCUT2D eigenvalue weighted by atomic mass is 79.9. The zero-order chi connectivity index (χ0) is 12.8. The fourth-order valence-corrected chi connectivity index (χ4v) is 2.00. The van der Waals surface area contributed by atoms with Crippen molar-refractivity contribution >= 4 is 15.9 Å². The SMILES string of the molecule is C=C(C)CCC(NCC)c1ccc(Br)c(F)c1. The lowest BCUT2D eigenvalue weighted by Gasteiger charge is -2.18. The predicted molar refractivity (Wildman–Crippen MR) is 74.6 cm³/mol. The first-order chi connectivity index (χ1) is 8.04. The molecule has 1 aromatic rings. The summed E-state index contributed by atoms with van der Waals surface area (Å²) in [5, 5.41) is 3.38. The highest BCUT2D eigenvalue weighted by molar-refractivity contribution is 9.10. The van der Waals surface area contributed by atoms with E-state index in [1.807, 2.05) is 13.0 Å². The van der Waals surface area contributed by atoms with Crippen LogP contribution in [0.4, 0.5) is 4.39 Å². The number of allylic oxidation sites excluding steroid dienone is 1. The molecule has 0 aliphatic rings. The Kier molecular flexibility index (Phi) is 5.86. The van der Waals surface area contributed by atoms with E-state index in [-0.39, 0.29) is 11.9 Å². The van der Waals surface area contributed by atoms with Crippen LogP contribution >= 0.6 is 15.9 Å². The second-order valence-corrected chi connectivity index (χ2v) is 5.13. The smallest absolute Gasteiger partial charge is 0.137 e. The zero-order valence-corrected chi connectivity index (χ0v) is 12.0. The average molecular weight is 300 g/mol. The third-order valence-corrected chi connectivity index (χ3v) is 3.30. The van der Waals surface area contributed by atoms with Gasteiger partial charge in [0.25, 0.3) is 0 Å². The molecule has 1 rings (SSSR count). The number of halogens is 2. The molecule has 0 radical (unpaired) electrons. The van der Waals surface area contributed by atoms with Crippen LogP contribution in [0.3, 0.4) is 0 Å². The molecule has 3 heteroatoms. The van der Waals surface area contributed by atoms with Crippen LogP contribution in [-0.2, 0) is 0 Å². The van der Waals surface area contributed by atoms with Gasteiger partial charge in [0, 0.05) is 6.04 Å².